The number of nitrogens with one attached hydrogen (secondary N) is 1. The number of aromatic nitrogens is 3. The summed E-state index contributed by atoms with van der Waals surface area (Å²) in [5.41, 5.74) is 2.72. The number of hydrogen-bond donors (Lipinski definition) is 1. The molecular weight excluding hydrogens is 274 g/mol. The Kier molecular flexibility index (Phi) is 4.00. The number of hydrogen-bond acceptors (Lipinski definition) is 3. The molecule has 1 aromatic carbocycles. The van der Waals surface area contributed by atoms with Crippen LogP contribution in [0.3, 0.4) is 0 Å². The van der Waals surface area contributed by atoms with Crippen LogP contribution in [-0.2, 0) is 6.42 Å². The van der Waals surface area contributed by atoms with Gasteiger partial charge in [0.15, 0.2) is 0 Å². The quantitative estimate of drug-likeness (QED) is 0.800. The largest absolute Gasteiger partial charge is 0.310 e. The fourth-order valence-electron chi connectivity index (χ4n) is 2.45. The highest BCUT2D eigenvalue weighted by Gasteiger charge is 2.07. The van der Waals surface area contributed by atoms with Gasteiger partial charge in [-0.2, -0.15) is 0 Å². The van der Waals surface area contributed by atoms with Gasteiger partial charge in [-0.3, -0.25) is 9.78 Å². The Hall–Kier alpha value is -2.49. The van der Waals surface area contributed by atoms with E-state index in [1.54, 1.807) is 12.4 Å². The second-order valence-corrected chi connectivity index (χ2v) is 5.91. The molecule has 4 nitrogen and oxygen atoms in total. The van der Waals surface area contributed by atoms with Crippen molar-refractivity contribution >= 4 is 10.9 Å². The first-order valence-electron chi connectivity index (χ1n) is 7.57. The van der Waals surface area contributed by atoms with E-state index in [0.717, 1.165) is 35.3 Å². The molecule has 0 bridgehead atoms. The molecule has 0 saturated carbocycles. The molecule has 3 aromatic rings. The maximum Gasteiger partial charge on any atom is 0.258 e. The van der Waals surface area contributed by atoms with Crippen molar-refractivity contribution in [3.63, 3.8) is 0 Å². The Labute approximate surface area is 129 Å². The van der Waals surface area contributed by atoms with E-state index in [9.17, 15) is 4.79 Å². The molecule has 112 valence electrons. The van der Waals surface area contributed by atoms with E-state index in [1.165, 1.54) is 0 Å². The van der Waals surface area contributed by atoms with Crippen molar-refractivity contribution in [2.24, 2.45) is 5.92 Å². The topological polar surface area (TPSA) is 58.6 Å². The molecule has 0 atom stereocenters. The van der Waals surface area contributed by atoms with Gasteiger partial charge in [0.1, 0.15) is 5.82 Å². The molecule has 0 amide bonds. The van der Waals surface area contributed by atoms with E-state index in [2.05, 4.69) is 28.8 Å². The molecule has 0 radical (unpaired) electrons. The van der Waals surface area contributed by atoms with Crippen LogP contribution in [0.15, 0.2) is 47.5 Å². The Morgan fingerprint density at radius 1 is 1.09 bits per heavy atom. The third-order valence-corrected chi connectivity index (χ3v) is 3.73. The number of aromatic amines is 1. The van der Waals surface area contributed by atoms with Crippen molar-refractivity contribution < 1.29 is 0 Å². The molecule has 4 heteroatoms. The molecule has 0 fully saturated rings. The molecular formula is C18H19N3O. The van der Waals surface area contributed by atoms with E-state index in [4.69, 9.17) is 0 Å². The molecule has 2 heterocycles. The summed E-state index contributed by atoms with van der Waals surface area (Å²) in [6, 6.07) is 9.66. The Balaban J connectivity index is 2.01. The van der Waals surface area contributed by atoms with Crippen molar-refractivity contribution in [2.45, 2.75) is 26.7 Å². The number of fused-ring (bicyclic) bond motifs is 1. The number of rotatable bonds is 4. The van der Waals surface area contributed by atoms with Crippen LogP contribution in [0, 0.1) is 5.92 Å². The summed E-state index contributed by atoms with van der Waals surface area (Å²) in [6.45, 7) is 4.33. The normalized spacial score (nSPS) is 11.2. The smallest absolute Gasteiger partial charge is 0.258 e. The fourth-order valence-corrected chi connectivity index (χ4v) is 2.45. The number of aryl methyl sites for hydroxylation is 1. The van der Waals surface area contributed by atoms with Crippen molar-refractivity contribution in [2.75, 3.05) is 0 Å². The standard InChI is InChI=1S/C18H19N3O/c1-12(2)3-6-17-20-16-5-4-14(11-15(16)18(22)21-17)13-7-9-19-10-8-13/h4-5,7-12H,3,6H2,1-2H3,(H,20,21,22). The van der Waals surface area contributed by atoms with Crippen molar-refractivity contribution in [3.05, 3.63) is 58.9 Å². The minimum atomic E-state index is -0.0698. The van der Waals surface area contributed by atoms with Crippen LogP contribution in [0.2, 0.25) is 0 Å². The second kappa shape index (κ2) is 6.10. The highest BCUT2D eigenvalue weighted by atomic mass is 16.1. The lowest BCUT2D eigenvalue weighted by molar-refractivity contribution is 0.575. The second-order valence-electron chi connectivity index (χ2n) is 5.91. The summed E-state index contributed by atoms with van der Waals surface area (Å²) in [5.74, 6) is 1.36. The Bertz CT molecular complexity index is 838. The summed E-state index contributed by atoms with van der Waals surface area (Å²) in [5, 5.41) is 0.627. The third kappa shape index (κ3) is 3.06. The maximum atomic E-state index is 12.3. The fraction of sp³-hybridized carbons (Fsp3) is 0.278. The lowest BCUT2D eigenvalue weighted by Gasteiger charge is -2.07. The molecule has 0 unspecified atom stereocenters. The van der Waals surface area contributed by atoms with Gasteiger partial charge in [0, 0.05) is 18.8 Å². The summed E-state index contributed by atoms with van der Waals surface area (Å²) < 4.78 is 0. The first-order valence-corrected chi connectivity index (χ1v) is 7.57. The highest BCUT2D eigenvalue weighted by Crippen LogP contribution is 2.21. The lowest BCUT2D eigenvalue weighted by atomic mass is 10.0. The zero-order valence-electron chi connectivity index (χ0n) is 12.8. The van der Waals surface area contributed by atoms with Gasteiger partial charge < -0.3 is 4.98 Å². The summed E-state index contributed by atoms with van der Waals surface area (Å²) in [6.07, 6.45) is 5.31. The molecule has 0 saturated heterocycles. The molecule has 22 heavy (non-hydrogen) atoms. The minimum absolute atomic E-state index is 0.0698. The number of benzene rings is 1. The molecule has 0 aliphatic rings. The van der Waals surface area contributed by atoms with E-state index >= 15 is 0 Å². The van der Waals surface area contributed by atoms with Gasteiger partial charge >= 0.3 is 0 Å². The van der Waals surface area contributed by atoms with Crippen molar-refractivity contribution in [3.8, 4) is 11.1 Å². The first-order chi connectivity index (χ1) is 10.6. The van der Waals surface area contributed by atoms with Gasteiger partial charge in [-0.1, -0.05) is 19.9 Å². The molecule has 3 rings (SSSR count). The van der Waals surface area contributed by atoms with Gasteiger partial charge in [0.25, 0.3) is 5.56 Å². The van der Waals surface area contributed by atoms with Gasteiger partial charge in [0.05, 0.1) is 10.9 Å². The van der Waals surface area contributed by atoms with Crippen LogP contribution in [-0.4, -0.2) is 15.0 Å². The number of nitrogens with zero attached hydrogens (tertiary/aromatic N) is 2. The third-order valence-electron chi connectivity index (χ3n) is 3.73. The van der Waals surface area contributed by atoms with Gasteiger partial charge in [-0.25, -0.2) is 4.98 Å². The van der Waals surface area contributed by atoms with E-state index in [-0.39, 0.29) is 5.56 Å². The summed E-state index contributed by atoms with van der Waals surface area (Å²) >= 11 is 0. The average Bonchev–Trinajstić information content (AvgIpc) is 2.53. The first kappa shape index (κ1) is 14.4. The number of H-pyrrole nitrogens is 1. The number of pyridine rings is 1. The molecule has 0 aliphatic heterocycles. The SMILES string of the molecule is CC(C)CCc1nc2ccc(-c3ccncc3)cc2c(=O)[nH]1. The minimum Gasteiger partial charge on any atom is -0.310 e. The van der Waals surface area contributed by atoms with Gasteiger partial charge in [-0.15, -0.1) is 0 Å². The van der Waals surface area contributed by atoms with Crippen molar-refractivity contribution in [1.82, 2.24) is 15.0 Å². The zero-order valence-corrected chi connectivity index (χ0v) is 12.8. The van der Waals surface area contributed by atoms with E-state index < -0.39 is 0 Å². The zero-order chi connectivity index (χ0) is 15.5. The maximum absolute atomic E-state index is 12.3. The molecule has 0 spiro atoms. The van der Waals surface area contributed by atoms with Crippen LogP contribution >= 0.6 is 0 Å². The average molecular weight is 293 g/mol. The monoisotopic (exact) mass is 293 g/mol. The van der Waals surface area contributed by atoms with Crippen LogP contribution in [0.1, 0.15) is 26.1 Å². The van der Waals surface area contributed by atoms with Crippen LogP contribution in [0.5, 0.6) is 0 Å². The summed E-state index contributed by atoms with van der Waals surface area (Å²) in [4.78, 5) is 23.8. The van der Waals surface area contributed by atoms with Crippen LogP contribution < -0.4 is 5.56 Å². The predicted molar refractivity (Wildman–Crippen MR) is 88.8 cm³/mol. The lowest BCUT2D eigenvalue weighted by Crippen LogP contribution is -2.12. The van der Waals surface area contributed by atoms with Crippen LogP contribution in [0.4, 0.5) is 0 Å². The summed E-state index contributed by atoms with van der Waals surface area (Å²) in [7, 11) is 0. The molecule has 1 N–H and O–H groups in total. The predicted octanol–water partition coefficient (Wildman–Crippen LogP) is 3.57. The molecule has 2 aromatic heterocycles. The van der Waals surface area contributed by atoms with E-state index in [0.29, 0.717) is 11.3 Å². The van der Waals surface area contributed by atoms with E-state index in [1.807, 2.05) is 30.3 Å². The Morgan fingerprint density at radius 3 is 2.59 bits per heavy atom. The molecule has 0 aliphatic carbocycles. The van der Waals surface area contributed by atoms with Crippen molar-refractivity contribution in [1.29, 1.82) is 0 Å². The highest BCUT2D eigenvalue weighted by molar-refractivity contribution is 5.83. The van der Waals surface area contributed by atoms with Gasteiger partial charge in [0.2, 0.25) is 0 Å². The Morgan fingerprint density at radius 2 is 1.86 bits per heavy atom. The van der Waals surface area contributed by atoms with Gasteiger partial charge in [-0.05, 0) is 47.7 Å². The van der Waals surface area contributed by atoms with Crippen LogP contribution in [0.25, 0.3) is 22.0 Å².